The van der Waals surface area contributed by atoms with E-state index in [0.29, 0.717) is 12.3 Å². The van der Waals surface area contributed by atoms with Crippen LogP contribution in [0.1, 0.15) is 12.8 Å². The summed E-state index contributed by atoms with van der Waals surface area (Å²) in [6.45, 7) is 0. The summed E-state index contributed by atoms with van der Waals surface area (Å²) in [5.74, 6) is -0.421. The molecule has 1 aliphatic heterocycles. The molecule has 0 aromatic rings. The summed E-state index contributed by atoms with van der Waals surface area (Å²) in [6, 6.07) is 0. The maximum absolute atomic E-state index is 10.4. The Morgan fingerprint density at radius 1 is 1.50 bits per heavy atom. The fourth-order valence-electron chi connectivity index (χ4n) is 1.67. The van der Waals surface area contributed by atoms with Gasteiger partial charge in [-0.3, -0.25) is 4.79 Å². The van der Waals surface area contributed by atoms with Gasteiger partial charge in [0.25, 0.3) is 0 Å². The first-order valence-corrected chi connectivity index (χ1v) is 4.68. The van der Waals surface area contributed by atoms with Gasteiger partial charge in [-0.2, -0.15) is 0 Å². The predicted octanol–water partition coefficient (Wildman–Crippen LogP) is 1.88. The van der Waals surface area contributed by atoms with Crippen molar-refractivity contribution in [2.75, 3.05) is 0 Å². The Bertz CT molecular complexity index is 325. The first-order chi connectivity index (χ1) is 6.75. The SMILES string of the molecule is O=C(O)CCC1=CC2OC=CC2C=C1. The second-order valence-electron chi connectivity index (χ2n) is 3.50. The van der Waals surface area contributed by atoms with Gasteiger partial charge in [0.15, 0.2) is 0 Å². The van der Waals surface area contributed by atoms with Crippen molar-refractivity contribution in [2.45, 2.75) is 18.9 Å². The van der Waals surface area contributed by atoms with E-state index < -0.39 is 5.97 Å². The Balaban J connectivity index is 1.95. The van der Waals surface area contributed by atoms with E-state index in [2.05, 4.69) is 6.08 Å². The highest BCUT2D eigenvalue weighted by molar-refractivity contribution is 5.67. The molecule has 74 valence electrons. The number of hydrogen-bond donors (Lipinski definition) is 1. The Hall–Kier alpha value is -1.51. The van der Waals surface area contributed by atoms with Crippen LogP contribution in [0.4, 0.5) is 0 Å². The fourth-order valence-corrected chi connectivity index (χ4v) is 1.67. The highest BCUT2D eigenvalue weighted by Crippen LogP contribution is 2.27. The van der Waals surface area contributed by atoms with E-state index in [1.807, 2.05) is 18.2 Å². The van der Waals surface area contributed by atoms with Crippen LogP contribution in [0.3, 0.4) is 0 Å². The molecule has 0 amide bonds. The highest BCUT2D eigenvalue weighted by Gasteiger charge is 2.23. The van der Waals surface area contributed by atoms with Crippen LogP contribution in [-0.4, -0.2) is 17.2 Å². The monoisotopic (exact) mass is 192 g/mol. The minimum atomic E-state index is -0.758. The number of fused-ring (bicyclic) bond motifs is 1. The summed E-state index contributed by atoms with van der Waals surface area (Å²) in [5, 5.41) is 8.54. The van der Waals surface area contributed by atoms with E-state index in [4.69, 9.17) is 9.84 Å². The van der Waals surface area contributed by atoms with Crippen molar-refractivity contribution in [3.63, 3.8) is 0 Å². The third-order valence-corrected chi connectivity index (χ3v) is 2.45. The Morgan fingerprint density at radius 2 is 2.36 bits per heavy atom. The molecule has 1 N–H and O–H groups in total. The van der Waals surface area contributed by atoms with Gasteiger partial charge in [-0.15, -0.1) is 0 Å². The zero-order valence-electron chi connectivity index (χ0n) is 7.72. The second-order valence-corrected chi connectivity index (χ2v) is 3.50. The van der Waals surface area contributed by atoms with Gasteiger partial charge >= 0.3 is 5.97 Å². The number of ether oxygens (including phenoxy) is 1. The number of carbonyl (C=O) groups is 1. The molecule has 0 saturated carbocycles. The average Bonchev–Trinajstić information content (AvgIpc) is 2.61. The molecular formula is C11H12O3. The van der Waals surface area contributed by atoms with Crippen LogP contribution in [-0.2, 0) is 9.53 Å². The average molecular weight is 192 g/mol. The third-order valence-electron chi connectivity index (χ3n) is 2.45. The van der Waals surface area contributed by atoms with Gasteiger partial charge < -0.3 is 9.84 Å². The molecule has 3 nitrogen and oxygen atoms in total. The molecule has 1 heterocycles. The number of carboxylic acid groups (broad SMARTS) is 1. The normalized spacial score (nSPS) is 28.1. The van der Waals surface area contributed by atoms with E-state index in [-0.39, 0.29) is 12.5 Å². The van der Waals surface area contributed by atoms with Crippen molar-refractivity contribution in [3.8, 4) is 0 Å². The summed E-state index contributed by atoms with van der Waals surface area (Å²) < 4.78 is 5.34. The molecule has 2 aliphatic rings. The molecule has 14 heavy (non-hydrogen) atoms. The first kappa shape index (κ1) is 9.06. The number of rotatable bonds is 3. The lowest BCUT2D eigenvalue weighted by atomic mass is 9.93. The molecule has 0 saturated heterocycles. The van der Waals surface area contributed by atoms with Crippen LogP contribution in [0.2, 0.25) is 0 Å². The third kappa shape index (κ3) is 1.87. The van der Waals surface area contributed by atoms with Crippen LogP contribution in [0.5, 0.6) is 0 Å². The number of aliphatic carboxylic acids is 1. The molecule has 3 heteroatoms. The molecule has 2 unspecified atom stereocenters. The largest absolute Gasteiger partial charge is 0.493 e. The molecule has 0 bridgehead atoms. The Morgan fingerprint density at radius 3 is 3.14 bits per heavy atom. The molecule has 1 aliphatic carbocycles. The number of carboxylic acids is 1. The van der Waals surface area contributed by atoms with Crippen molar-refractivity contribution in [3.05, 3.63) is 36.1 Å². The van der Waals surface area contributed by atoms with Gasteiger partial charge in [0, 0.05) is 12.3 Å². The molecule has 0 spiro atoms. The van der Waals surface area contributed by atoms with Gasteiger partial charge in [-0.05, 0) is 24.1 Å². The van der Waals surface area contributed by atoms with Crippen molar-refractivity contribution in [1.82, 2.24) is 0 Å². The molecular weight excluding hydrogens is 180 g/mol. The van der Waals surface area contributed by atoms with Gasteiger partial charge in [0.05, 0.1) is 6.26 Å². The summed E-state index contributed by atoms with van der Waals surface area (Å²) in [6.07, 6.45) is 10.6. The van der Waals surface area contributed by atoms with E-state index in [1.54, 1.807) is 6.26 Å². The predicted molar refractivity (Wildman–Crippen MR) is 51.6 cm³/mol. The zero-order chi connectivity index (χ0) is 9.97. The standard InChI is InChI=1S/C11H12O3/c12-11(13)4-2-8-1-3-9-5-6-14-10(9)7-8/h1,3,5-7,9-10H,2,4H2,(H,12,13). The topological polar surface area (TPSA) is 46.5 Å². The van der Waals surface area contributed by atoms with Crippen LogP contribution >= 0.6 is 0 Å². The van der Waals surface area contributed by atoms with Crippen LogP contribution in [0.15, 0.2) is 36.1 Å². The summed E-state index contributed by atoms with van der Waals surface area (Å²) in [5.41, 5.74) is 1.05. The quantitative estimate of drug-likeness (QED) is 0.742. The molecule has 0 fully saturated rings. The van der Waals surface area contributed by atoms with Crippen LogP contribution in [0.25, 0.3) is 0 Å². The molecule has 0 aromatic carbocycles. The zero-order valence-corrected chi connectivity index (χ0v) is 7.72. The fraction of sp³-hybridized carbons (Fsp3) is 0.364. The van der Waals surface area contributed by atoms with Gasteiger partial charge in [-0.1, -0.05) is 12.2 Å². The lowest BCUT2D eigenvalue weighted by Crippen LogP contribution is -2.15. The van der Waals surface area contributed by atoms with E-state index in [9.17, 15) is 4.79 Å². The minimum Gasteiger partial charge on any atom is -0.493 e. The first-order valence-electron chi connectivity index (χ1n) is 4.68. The van der Waals surface area contributed by atoms with Crippen molar-refractivity contribution in [2.24, 2.45) is 5.92 Å². The summed E-state index contributed by atoms with van der Waals surface area (Å²) in [7, 11) is 0. The van der Waals surface area contributed by atoms with Crippen molar-refractivity contribution >= 4 is 5.97 Å². The van der Waals surface area contributed by atoms with Crippen LogP contribution in [0, 0.1) is 5.92 Å². The lowest BCUT2D eigenvalue weighted by molar-refractivity contribution is -0.136. The maximum atomic E-state index is 10.4. The summed E-state index contributed by atoms with van der Waals surface area (Å²) >= 11 is 0. The smallest absolute Gasteiger partial charge is 0.303 e. The summed E-state index contributed by atoms with van der Waals surface area (Å²) in [4.78, 5) is 10.4. The van der Waals surface area contributed by atoms with Gasteiger partial charge in [0.1, 0.15) is 6.10 Å². The van der Waals surface area contributed by atoms with E-state index >= 15 is 0 Å². The van der Waals surface area contributed by atoms with E-state index in [1.165, 1.54) is 0 Å². The molecule has 0 aromatic heterocycles. The maximum Gasteiger partial charge on any atom is 0.303 e. The van der Waals surface area contributed by atoms with E-state index in [0.717, 1.165) is 5.57 Å². The van der Waals surface area contributed by atoms with Crippen molar-refractivity contribution in [1.29, 1.82) is 0 Å². The van der Waals surface area contributed by atoms with Gasteiger partial charge in [-0.25, -0.2) is 0 Å². The number of hydrogen-bond acceptors (Lipinski definition) is 2. The molecule has 2 atom stereocenters. The van der Waals surface area contributed by atoms with Gasteiger partial charge in [0.2, 0.25) is 0 Å². The second kappa shape index (κ2) is 3.70. The molecule has 0 radical (unpaired) electrons. The van der Waals surface area contributed by atoms with Crippen molar-refractivity contribution < 1.29 is 14.6 Å². The Kier molecular flexibility index (Phi) is 2.39. The lowest BCUT2D eigenvalue weighted by Gasteiger charge is -2.17. The van der Waals surface area contributed by atoms with Crippen LogP contribution < -0.4 is 0 Å². The minimum absolute atomic E-state index is 0.0868. The number of allylic oxidation sites excluding steroid dienone is 2. The molecule has 2 rings (SSSR count). The highest BCUT2D eigenvalue weighted by atomic mass is 16.5. The Labute approximate surface area is 82.4 Å².